The van der Waals surface area contributed by atoms with Gasteiger partial charge in [-0.3, -0.25) is 4.79 Å². The van der Waals surface area contributed by atoms with E-state index in [0.29, 0.717) is 23.6 Å². The summed E-state index contributed by atoms with van der Waals surface area (Å²) in [5.41, 5.74) is 1.94. The molecule has 1 unspecified atom stereocenters. The Kier molecular flexibility index (Phi) is 4.77. The molecule has 0 bridgehead atoms. The van der Waals surface area contributed by atoms with Gasteiger partial charge in [-0.2, -0.15) is 0 Å². The fourth-order valence-corrected chi connectivity index (χ4v) is 4.87. The number of rotatable bonds is 3. The molecule has 0 saturated carbocycles. The fourth-order valence-electron chi connectivity index (χ4n) is 4.74. The third kappa shape index (κ3) is 3.52. The van der Waals surface area contributed by atoms with Crippen molar-refractivity contribution in [1.82, 2.24) is 4.90 Å². The second-order valence-corrected chi connectivity index (χ2v) is 8.74. The second-order valence-electron chi connectivity index (χ2n) is 8.30. The third-order valence-corrected chi connectivity index (χ3v) is 6.79. The molecule has 1 aliphatic carbocycles. The van der Waals surface area contributed by atoms with Gasteiger partial charge in [0.15, 0.2) is 17.3 Å². The number of likely N-dealkylation sites (tertiary alicyclic amines) is 1. The summed E-state index contributed by atoms with van der Waals surface area (Å²) in [6, 6.07) is 11.3. The van der Waals surface area contributed by atoms with Crippen molar-refractivity contribution in [2.45, 2.75) is 31.3 Å². The molecule has 0 amide bonds. The quantitative estimate of drug-likeness (QED) is 0.829. The van der Waals surface area contributed by atoms with E-state index in [9.17, 15) is 9.90 Å². The number of piperidine rings is 1. The highest BCUT2D eigenvalue weighted by Crippen LogP contribution is 2.39. The third-order valence-electron chi connectivity index (χ3n) is 6.54. The molecule has 1 fully saturated rings. The summed E-state index contributed by atoms with van der Waals surface area (Å²) < 4.78 is 10.9. The van der Waals surface area contributed by atoms with E-state index in [0.717, 1.165) is 54.9 Å². The van der Waals surface area contributed by atoms with Gasteiger partial charge in [0.25, 0.3) is 0 Å². The molecule has 3 aliphatic rings. The zero-order valence-corrected chi connectivity index (χ0v) is 17.0. The first-order valence-corrected chi connectivity index (χ1v) is 10.6. The molecule has 1 saturated heterocycles. The van der Waals surface area contributed by atoms with Gasteiger partial charge >= 0.3 is 0 Å². The molecular weight excluding hydrogens is 390 g/mol. The lowest BCUT2D eigenvalue weighted by Crippen LogP contribution is -2.45. The van der Waals surface area contributed by atoms with E-state index in [1.165, 1.54) is 0 Å². The van der Waals surface area contributed by atoms with Crippen LogP contribution in [0.1, 0.15) is 40.7 Å². The highest BCUT2D eigenvalue weighted by Gasteiger charge is 2.36. The van der Waals surface area contributed by atoms with E-state index in [4.69, 9.17) is 21.1 Å². The van der Waals surface area contributed by atoms with Gasteiger partial charge in [-0.05, 0) is 61.1 Å². The predicted molar refractivity (Wildman–Crippen MR) is 110 cm³/mol. The number of ketones is 1. The van der Waals surface area contributed by atoms with Gasteiger partial charge in [0.05, 0.1) is 5.60 Å². The number of Topliss-reactive ketones (excluding diaryl/α,β-unsaturated/α-hetero) is 1. The van der Waals surface area contributed by atoms with Gasteiger partial charge in [0.2, 0.25) is 6.79 Å². The molecule has 0 spiro atoms. The van der Waals surface area contributed by atoms with Crippen molar-refractivity contribution < 1.29 is 19.4 Å². The average molecular weight is 414 g/mol. The van der Waals surface area contributed by atoms with Crippen molar-refractivity contribution in [3.8, 4) is 11.5 Å². The van der Waals surface area contributed by atoms with Crippen molar-refractivity contribution in [1.29, 1.82) is 0 Å². The molecule has 2 aromatic rings. The second kappa shape index (κ2) is 7.31. The first kappa shape index (κ1) is 18.9. The van der Waals surface area contributed by atoms with E-state index in [2.05, 4.69) is 4.90 Å². The lowest BCUT2D eigenvalue weighted by Gasteiger charge is -2.40. The number of halogens is 1. The summed E-state index contributed by atoms with van der Waals surface area (Å²) in [5, 5.41) is 11.7. The molecule has 29 heavy (non-hydrogen) atoms. The fraction of sp³-hybridized carbons (Fsp3) is 0.435. The summed E-state index contributed by atoms with van der Waals surface area (Å²) in [4.78, 5) is 15.4. The number of hydrogen-bond donors (Lipinski definition) is 1. The number of aliphatic hydroxyl groups is 1. The van der Waals surface area contributed by atoms with E-state index >= 15 is 0 Å². The highest BCUT2D eigenvalue weighted by molar-refractivity contribution is 6.30. The van der Waals surface area contributed by atoms with Crippen molar-refractivity contribution in [3.05, 3.63) is 58.1 Å². The minimum atomic E-state index is -0.817. The number of hydrogen-bond acceptors (Lipinski definition) is 5. The Hall–Kier alpha value is -2.08. The minimum absolute atomic E-state index is 0.00963. The van der Waals surface area contributed by atoms with Crippen LogP contribution in [0, 0.1) is 5.92 Å². The summed E-state index contributed by atoms with van der Waals surface area (Å²) in [5.74, 6) is 1.60. The minimum Gasteiger partial charge on any atom is -0.454 e. The van der Waals surface area contributed by atoms with Crippen LogP contribution in [-0.2, 0) is 12.0 Å². The molecule has 6 heteroatoms. The van der Waals surface area contributed by atoms with E-state index in [-0.39, 0.29) is 18.5 Å². The highest BCUT2D eigenvalue weighted by atomic mass is 35.5. The number of aryl methyl sites for hydroxylation is 1. The van der Waals surface area contributed by atoms with Crippen molar-refractivity contribution in [2.75, 3.05) is 26.4 Å². The monoisotopic (exact) mass is 413 g/mol. The van der Waals surface area contributed by atoms with Gasteiger partial charge in [-0.25, -0.2) is 0 Å². The zero-order valence-electron chi connectivity index (χ0n) is 16.2. The van der Waals surface area contributed by atoms with Crippen molar-refractivity contribution >= 4 is 17.4 Å². The Balaban J connectivity index is 1.24. The van der Waals surface area contributed by atoms with Crippen molar-refractivity contribution in [3.63, 3.8) is 0 Å². The van der Waals surface area contributed by atoms with Crippen molar-refractivity contribution in [2.24, 2.45) is 5.92 Å². The predicted octanol–water partition coefficient (Wildman–Crippen LogP) is 3.80. The van der Waals surface area contributed by atoms with Gasteiger partial charge in [0.1, 0.15) is 0 Å². The van der Waals surface area contributed by atoms with Gasteiger partial charge in [0, 0.05) is 36.1 Å². The SMILES string of the molecule is O=C1c2cc3c(cc2CCC1CN1CCC(O)(c2ccc(Cl)cc2)CC1)OCO3. The largest absolute Gasteiger partial charge is 0.454 e. The number of nitrogens with zero attached hydrogens (tertiary/aromatic N) is 1. The maximum absolute atomic E-state index is 13.1. The molecule has 2 aliphatic heterocycles. The van der Waals surface area contributed by atoms with Crippen LogP contribution in [0.25, 0.3) is 0 Å². The Bertz CT molecular complexity index is 935. The summed E-state index contributed by atoms with van der Waals surface area (Å²) in [6.07, 6.45) is 3.05. The molecule has 2 heterocycles. The Morgan fingerprint density at radius 3 is 2.52 bits per heavy atom. The molecule has 1 atom stereocenters. The normalized spacial score (nSPS) is 23.1. The number of ether oxygens (including phenoxy) is 2. The van der Waals surface area contributed by atoms with Crippen LogP contribution in [0.3, 0.4) is 0 Å². The molecular formula is C23H24ClNO4. The number of carbonyl (C=O) groups excluding carboxylic acids is 1. The Morgan fingerprint density at radius 2 is 1.79 bits per heavy atom. The molecule has 0 radical (unpaired) electrons. The maximum Gasteiger partial charge on any atom is 0.231 e. The molecule has 5 nitrogen and oxygen atoms in total. The lowest BCUT2D eigenvalue weighted by molar-refractivity contribution is -0.0283. The van der Waals surface area contributed by atoms with Crippen LogP contribution in [-0.4, -0.2) is 42.2 Å². The zero-order chi connectivity index (χ0) is 20.0. The summed E-state index contributed by atoms with van der Waals surface area (Å²) in [6.45, 7) is 2.51. The van der Waals surface area contributed by atoms with E-state index in [1.54, 1.807) is 0 Å². The van der Waals surface area contributed by atoms with E-state index in [1.807, 2.05) is 36.4 Å². The number of carbonyl (C=O) groups is 1. The van der Waals surface area contributed by atoms with Crippen LogP contribution >= 0.6 is 11.6 Å². The molecule has 1 N–H and O–H groups in total. The average Bonchev–Trinajstić information content (AvgIpc) is 3.18. The van der Waals surface area contributed by atoms with Gasteiger partial charge < -0.3 is 19.5 Å². The van der Waals surface area contributed by atoms with Crippen LogP contribution in [0.5, 0.6) is 11.5 Å². The maximum atomic E-state index is 13.1. The molecule has 5 rings (SSSR count). The van der Waals surface area contributed by atoms with Crippen LogP contribution in [0.4, 0.5) is 0 Å². The van der Waals surface area contributed by atoms with Crippen LogP contribution < -0.4 is 9.47 Å². The summed E-state index contributed by atoms with van der Waals surface area (Å²) >= 11 is 5.97. The topological polar surface area (TPSA) is 59.0 Å². The summed E-state index contributed by atoms with van der Waals surface area (Å²) in [7, 11) is 0. The standard InChI is InChI=1S/C23H24ClNO4/c24-18-5-3-17(4-6-18)23(27)7-9-25(10-8-23)13-16-2-1-15-11-20-21(29-14-28-20)12-19(15)22(16)26/h3-6,11-12,16,27H,1-2,7-10,13-14H2. The first-order valence-electron chi connectivity index (χ1n) is 10.2. The van der Waals surface area contributed by atoms with E-state index < -0.39 is 5.60 Å². The Labute approximate surface area is 175 Å². The molecule has 0 aromatic heterocycles. The van der Waals surface area contributed by atoms with Gasteiger partial charge in [-0.15, -0.1) is 0 Å². The smallest absolute Gasteiger partial charge is 0.231 e. The molecule has 2 aromatic carbocycles. The van der Waals surface area contributed by atoms with Gasteiger partial charge in [-0.1, -0.05) is 23.7 Å². The number of fused-ring (bicyclic) bond motifs is 2. The first-order chi connectivity index (χ1) is 14.0. The lowest BCUT2D eigenvalue weighted by atomic mass is 9.81. The van der Waals surface area contributed by atoms with Crippen LogP contribution in [0.15, 0.2) is 36.4 Å². The van der Waals surface area contributed by atoms with Crippen LogP contribution in [0.2, 0.25) is 5.02 Å². The number of benzene rings is 2. The Morgan fingerprint density at radius 1 is 1.10 bits per heavy atom. The molecule has 152 valence electrons.